The topological polar surface area (TPSA) is 78.8 Å². The number of carbonyl (C=O) groups excluding carboxylic acids is 1. The van der Waals surface area contributed by atoms with E-state index >= 15 is 0 Å². The van der Waals surface area contributed by atoms with Crippen LogP contribution in [0.3, 0.4) is 0 Å². The zero-order valence-electron chi connectivity index (χ0n) is 16.5. The van der Waals surface area contributed by atoms with E-state index in [0.717, 1.165) is 35.7 Å². The van der Waals surface area contributed by atoms with Crippen molar-refractivity contribution in [2.45, 2.75) is 49.8 Å². The van der Waals surface area contributed by atoms with Crippen molar-refractivity contribution in [3.63, 3.8) is 0 Å². The number of benzene rings is 2. The molecule has 1 saturated carbocycles. The standard InChI is InChI=1S/C22H27N3O3S/c26-22(24-23-19-12-6-2-1-3-7-13-19)18-25(20-14-8-4-9-15-20)29(27,28)21-16-10-5-11-17-21/h4-5,8-11,14-17H,1-3,6-7,12-13,18H2,(H,24,26). The zero-order chi connectivity index (χ0) is 20.5. The van der Waals surface area contributed by atoms with Crippen LogP contribution in [0.4, 0.5) is 5.69 Å². The molecule has 0 bridgehead atoms. The second-order valence-corrected chi connectivity index (χ2v) is 9.00. The maximum Gasteiger partial charge on any atom is 0.264 e. The Morgan fingerprint density at radius 1 is 0.862 bits per heavy atom. The Morgan fingerprint density at radius 2 is 1.41 bits per heavy atom. The smallest absolute Gasteiger partial charge is 0.264 e. The fourth-order valence-corrected chi connectivity index (χ4v) is 4.80. The number of rotatable bonds is 6. The first-order valence-electron chi connectivity index (χ1n) is 10.0. The first-order chi connectivity index (χ1) is 14.1. The van der Waals surface area contributed by atoms with E-state index < -0.39 is 15.9 Å². The maximum absolute atomic E-state index is 13.2. The minimum Gasteiger partial charge on any atom is -0.271 e. The number of hydrogen-bond acceptors (Lipinski definition) is 4. The lowest BCUT2D eigenvalue weighted by molar-refractivity contribution is -0.119. The van der Waals surface area contributed by atoms with E-state index in [0.29, 0.717) is 5.69 Å². The minimum absolute atomic E-state index is 0.142. The first-order valence-corrected chi connectivity index (χ1v) is 11.5. The number of nitrogens with zero attached hydrogens (tertiary/aromatic N) is 2. The SMILES string of the molecule is O=C(CN(c1ccccc1)S(=O)(=O)c1ccccc1)NN=C1CCCCCCC1. The number of carbonyl (C=O) groups is 1. The highest BCUT2D eigenvalue weighted by Gasteiger charge is 2.26. The number of para-hydroxylation sites is 1. The number of hydrazone groups is 1. The molecule has 0 heterocycles. The lowest BCUT2D eigenvalue weighted by Gasteiger charge is -2.23. The molecule has 1 aliphatic carbocycles. The van der Waals surface area contributed by atoms with E-state index in [1.54, 1.807) is 48.5 Å². The van der Waals surface area contributed by atoms with Crippen molar-refractivity contribution in [1.29, 1.82) is 0 Å². The highest BCUT2D eigenvalue weighted by molar-refractivity contribution is 7.92. The third-order valence-corrected chi connectivity index (χ3v) is 6.72. The summed E-state index contributed by atoms with van der Waals surface area (Å²) in [5.41, 5.74) is 3.98. The quantitative estimate of drug-likeness (QED) is 0.724. The molecule has 1 amide bonds. The van der Waals surface area contributed by atoms with Crippen LogP contribution in [0.1, 0.15) is 44.9 Å². The van der Waals surface area contributed by atoms with Gasteiger partial charge in [-0.1, -0.05) is 55.7 Å². The molecule has 7 heteroatoms. The molecule has 2 aromatic carbocycles. The summed E-state index contributed by atoms with van der Waals surface area (Å²) in [5, 5.41) is 4.28. The molecular formula is C22H27N3O3S. The van der Waals surface area contributed by atoms with Crippen molar-refractivity contribution in [3.05, 3.63) is 60.7 Å². The van der Waals surface area contributed by atoms with Gasteiger partial charge in [0.2, 0.25) is 0 Å². The second-order valence-electron chi connectivity index (χ2n) is 7.14. The largest absolute Gasteiger partial charge is 0.271 e. The molecule has 1 N–H and O–H groups in total. The van der Waals surface area contributed by atoms with Gasteiger partial charge in [0.05, 0.1) is 10.6 Å². The monoisotopic (exact) mass is 413 g/mol. The molecule has 0 aliphatic heterocycles. The summed E-state index contributed by atoms with van der Waals surface area (Å²) in [4.78, 5) is 12.7. The van der Waals surface area contributed by atoms with Crippen LogP contribution >= 0.6 is 0 Å². The van der Waals surface area contributed by atoms with Gasteiger partial charge in [0, 0.05) is 5.71 Å². The van der Waals surface area contributed by atoms with Crippen LogP contribution in [0.25, 0.3) is 0 Å². The Bertz CT molecular complexity index is 918. The van der Waals surface area contributed by atoms with Crippen LogP contribution in [0, 0.1) is 0 Å². The third-order valence-electron chi connectivity index (χ3n) is 4.93. The van der Waals surface area contributed by atoms with E-state index in [-0.39, 0.29) is 11.4 Å². The predicted octanol–water partition coefficient (Wildman–Crippen LogP) is 4.10. The summed E-state index contributed by atoms with van der Waals surface area (Å²) >= 11 is 0. The lowest BCUT2D eigenvalue weighted by atomic mass is 9.99. The summed E-state index contributed by atoms with van der Waals surface area (Å²) < 4.78 is 27.5. The van der Waals surface area contributed by atoms with Crippen molar-refractivity contribution in [2.75, 3.05) is 10.8 Å². The Labute approximate surface area is 172 Å². The Hall–Kier alpha value is -2.67. The molecule has 0 atom stereocenters. The second kappa shape index (κ2) is 10.2. The fourth-order valence-electron chi connectivity index (χ4n) is 3.36. The zero-order valence-corrected chi connectivity index (χ0v) is 17.3. The Morgan fingerprint density at radius 3 is 2.03 bits per heavy atom. The van der Waals surface area contributed by atoms with Crippen molar-refractivity contribution in [1.82, 2.24) is 5.43 Å². The number of anilines is 1. The highest BCUT2D eigenvalue weighted by atomic mass is 32.2. The summed E-state index contributed by atoms with van der Waals surface area (Å²) in [7, 11) is -3.88. The van der Waals surface area contributed by atoms with Crippen LogP contribution in [-0.2, 0) is 14.8 Å². The first kappa shape index (κ1) is 21.0. The number of hydrogen-bond donors (Lipinski definition) is 1. The van der Waals surface area contributed by atoms with Gasteiger partial charge in [0.1, 0.15) is 6.54 Å². The molecule has 6 nitrogen and oxygen atoms in total. The number of nitrogens with one attached hydrogen (secondary N) is 1. The lowest BCUT2D eigenvalue weighted by Crippen LogP contribution is -2.39. The molecule has 29 heavy (non-hydrogen) atoms. The van der Waals surface area contributed by atoms with Gasteiger partial charge in [-0.25, -0.2) is 13.8 Å². The maximum atomic E-state index is 13.2. The van der Waals surface area contributed by atoms with Crippen LogP contribution in [0.2, 0.25) is 0 Å². The van der Waals surface area contributed by atoms with E-state index in [2.05, 4.69) is 10.5 Å². The van der Waals surface area contributed by atoms with Gasteiger partial charge in [-0.15, -0.1) is 0 Å². The van der Waals surface area contributed by atoms with E-state index in [1.807, 2.05) is 0 Å². The Kier molecular flexibility index (Phi) is 7.41. The summed E-state index contributed by atoms with van der Waals surface area (Å²) in [6.45, 7) is -0.335. The number of amides is 1. The molecule has 0 saturated heterocycles. The van der Waals surface area contributed by atoms with Gasteiger partial charge in [-0.2, -0.15) is 5.10 Å². The average Bonchev–Trinajstić information content (AvgIpc) is 2.72. The Balaban J connectivity index is 1.78. The molecule has 2 aromatic rings. The summed E-state index contributed by atoms with van der Waals surface area (Å²) in [6, 6.07) is 16.8. The normalized spacial score (nSPS) is 15.1. The van der Waals surface area contributed by atoms with Crippen molar-refractivity contribution >= 4 is 27.3 Å². The molecule has 1 fully saturated rings. The summed E-state index contributed by atoms with van der Waals surface area (Å²) in [6.07, 6.45) is 7.54. The van der Waals surface area contributed by atoms with Crippen molar-refractivity contribution in [3.8, 4) is 0 Å². The fraction of sp³-hybridized carbons (Fsp3) is 0.364. The minimum atomic E-state index is -3.88. The van der Waals surface area contributed by atoms with Crippen LogP contribution in [-0.4, -0.2) is 26.6 Å². The molecule has 3 rings (SSSR count). The van der Waals surface area contributed by atoms with Crippen LogP contribution in [0.5, 0.6) is 0 Å². The van der Waals surface area contributed by atoms with E-state index in [1.165, 1.54) is 31.4 Å². The molecule has 0 spiro atoms. The van der Waals surface area contributed by atoms with Crippen LogP contribution in [0.15, 0.2) is 70.7 Å². The average molecular weight is 414 g/mol. The van der Waals surface area contributed by atoms with E-state index in [9.17, 15) is 13.2 Å². The van der Waals surface area contributed by atoms with Gasteiger partial charge in [0.15, 0.2) is 0 Å². The van der Waals surface area contributed by atoms with Gasteiger partial charge < -0.3 is 0 Å². The molecule has 154 valence electrons. The molecular weight excluding hydrogens is 386 g/mol. The highest BCUT2D eigenvalue weighted by Crippen LogP contribution is 2.23. The molecule has 0 radical (unpaired) electrons. The predicted molar refractivity (Wildman–Crippen MR) is 115 cm³/mol. The number of sulfonamides is 1. The van der Waals surface area contributed by atoms with E-state index in [4.69, 9.17) is 0 Å². The van der Waals surface area contributed by atoms with Crippen molar-refractivity contribution < 1.29 is 13.2 Å². The van der Waals surface area contributed by atoms with Crippen molar-refractivity contribution in [2.24, 2.45) is 5.10 Å². The molecule has 0 unspecified atom stereocenters. The van der Waals surface area contributed by atoms with Crippen LogP contribution < -0.4 is 9.73 Å². The van der Waals surface area contributed by atoms with Gasteiger partial charge in [-0.3, -0.25) is 9.10 Å². The third kappa shape index (κ3) is 5.90. The van der Waals surface area contributed by atoms with Gasteiger partial charge >= 0.3 is 0 Å². The molecule has 1 aliphatic rings. The van der Waals surface area contributed by atoms with Gasteiger partial charge in [-0.05, 0) is 49.9 Å². The summed E-state index contributed by atoms with van der Waals surface area (Å²) in [5.74, 6) is -0.456. The molecule has 0 aromatic heterocycles. The van der Waals surface area contributed by atoms with Gasteiger partial charge in [0.25, 0.3) is 15.9 Å².